The lowest BCUT2D eigenvalue weighted by Gasteiger charge is -2.10. The topological polar surface area (TPSA) is 77.3 Å². The number of hydrogen-bond donors (Lipinski definition) is 2. The summed E-state index contributed by atoms with van der Waals surface area (Å²) in [6, 6.07) is 14.6. The number of rotatable bonds is 3. The van der Waals surface area contributed by atoms with Crippen LogP contribution in [-0.4, -0.2) is 17.3 Å². The van der Waals surface area contributed by atoms with Crippen LogP contribution in [0.3, 0.4) is 0 Å². The SMILES string of the molecule is CSC(=Nc1ccccc1C(=O)Nc1ccccc1C)NC#N. The molecule has 5 nitrogen and oxygen atoms in total. The van der Waals surface area contributed by atoms with Crippen molar-refractivity contribution in [1.29, 1.82) is 5.26 Å². The molecule has 0 aliphatic rings. The number of nitrogens with one attached hydrogen (secondary N) is 2. The van der Waals surface area contributed by atoms with Crippen molar-refractivity contribution >= 4 is 34.2 Å². The van der Waals surface area contributed by atoms with Gasteiger partial charge in [0, 0.05) is 5.69 Å². The molecule has 2 rings (SSSR count). The Balaban J connectivity index is 2.31. The third-order valence-corrected chi connectivity index (χ3v) is 3.70. The van der Waals surface area contributed by atoms with Gasteiger partial charge in [-0.15, -0.1) is 0 Å². The van der Waals surface area contributed by atoms with Crippen molar-refractivity contribution in [2.24, 2.45) is 4.99 Å². The van der Waals surface area contributed by atoms with Crippen molar-refractivity contribution in [1.82, 2.24) is 5.32 Å². The van der Waals surface area contributed by atoms with Crippen LogP contribution in [0.15, 0.2) is 53.5 Å². The summed E-state index contributed by atoms with van der Waals surface area (Å²) in [7, 11) is 0. The highest BCUT2D eigenvalue weighted by Crippen LogP contribution is 2.22. The number of nitrogens with zero attached hydrogens (tertiary/aromatic N) is 2. The van der Waals surface area contributed by atoms with Crippen LogP contribution < -0.4 is 10.6 Å². The number of carbonyl (C=O) groups is 1. The molecule has 0 fully saturated rings. The van der Waals surface area contributed by atoms with E-state index >= 15 is 0 Å². The lowest BCUT2D eigenvalue weighted by molar-refractivity contribution is 0.102. The van der Waals surface area contributed by atoms with Crippen LogP contribution >= 0.6 is 11.8 Å². The summed E-state index contributed by atoms with van der Waals surface area (Å²) >= 11 is 1.30. The molecule has 0 saturated carbocycles. The lowest BCUT2D eigenvalue weighted by atomic mass is 10.1. The fraction of sp³-hybridized carbons (Fsp3) is 0.118. The van der Waals surface area contributed by atoms with Gasteiger partial charge < -0.3 is 5.32 Å². The average Bonchev–Trinajstić information content (AvgIpc) is 2.57. The van der Waals surface area contributed by atoms with Gasteiger partial charge in [0.05, 0.1) is 11.3 Å². The molecule has 0 aromatic heterocycles. The number of aryl methyl sites for hydroxylation is 1. The Kier molecular flexibility index (Phi) is 5.78. The van der Waals surface area contributed by atoms with Crippen LogP contribution in [0.4, 0.5) is 11.4 Å². The predicted octanol–water partition coefficient (Wildman–Crippen LogP) is 3.67. The molecule has 1 amide bonds. The van der Waals surface area contributed by atoms with Gasteiger partial charge in [-0.25, -0.2) is 4.99 Å². The number of thioether (sulfide) groups is 1. The second-order valence-electron chi connectivity index (χ2n) is 4.64. The van der Waals surface area contributed by atoms with E-state index in [4.69, 9.17) is 5.26 Å². The van der Waals surface area contributed by atoms with Gasteiger partial charge in [-0.2, -0.15) is 5.26 Å². The molecule has 0 heterocycles. The summed E-state index contributed by atoms with van der Waals surface area (Å²) in [6.07, 6.45) is 3.64. The quantitative estimate of drug-likeness (QED) is 0.391. The fourth-order valence-electron chi connectivity index (χ4n) is 1.95. The van der Waals surface area contributed by atoms with Crippen LogP contribution in [-0.2, 0) is 0 Å². The number of hydrogen-bond acceptors (Lipinski definition) is 4. The highest BCUT2D eigenvalue weighted by atomic mass is 32.2. The summed E-state index contributed by atoms with van der Waals surface area (Å²) in [5.41, 5.74) is 2.70. The molecule has 0 radical (unpaired) electrons. The van der Waals surface area contributed by atoms with Gasteiger partial charge in [-0.3, -0.25) is 10.1 Å². The Labute approximate surface area is 139 Å². The minimum Gasteiger partial charge on any atom is -0.322 e. The highest BCUT2D eigenvalue weighted by Gasteiger charge is 2.12. The minimum absolute atomic E-state index is 0.240. The molecule has 0 aliphatic carbocycles. The Morgan fingerprint density at radius 3 is 2.57 bits per heavy atom. The van der Waals surface area contributed by atoms with E-state index in [-0.39, 0.29) is 5.91 Å². The van der Waals surface area contributed by atoms with E-state index in [9.17, 15) is 4.79 Å². The molecule has 2 N–H and O–H groups in total. The largest absolute Gasteiger partial charge is 0.322 e. The van der Waals surface area contributed by atoms with E-state index in [0.717, 1.165) is 11.3 Å². The van der Waals surface area contributed by atoms with Gasteiger partial charge in [0.2, 0.25) is 0 Å². The first kappa shape index (κ1) is 16.6. The zero-order valence-electron chi connectivity index (χ0n) is 12.8. The molecule has 6 heteroatoms. The van der Waals surface area contributed by atoms with E-state index < -0.39 is 0 Å². The lowest BCUT2D eigenvalue weighted by Crippen LogP contribution is -2.15. The normalized spacial score (nSPS) is 10.7. The van der Waals surface area contributed by atoms with E-state index in [0.29, 0.717) is 16.4 Å². The zero-order valence-corrected chi connectivity index (χ0v) is 13.6. The van der Waals surface area contributed by atoms with Gasteiger partial charge in [0.25, 0.3) is 5.91 Å². The molecular weight excluding hydrogens is 308 g/mol. The van der Waals surface area contributed by atoms with E-state index in [1.54, 1.807) is 30.5 Å². The highest BCUT2D eigenvalue weighted by molar-refractivity contribution is 8.13. The number of aliphatic imine (C=N–C) groups is 1. The average molecular weight is 324 g/mol. The summed E-state index contributed by atoms with van der Waals surface area (Å²) in [4.78, 5) is 16.9. The maximum Gasteiger partial charge on any atom is 0.257 e. The van der Waals surface area contributed by atoms with Crippen molar-refractivity contribution in [3.8, 4) is 6.19 Å². The third kappa shape index (κ3) is 4.34. The van der Waals surface area contributed by atoms with Crippen molar-refractivity contribution in [3.05, 3.63) is 59.7 Å². The molecule has 116 valence electrons. The molecule has 0 saturated heterocycles. The summed E-state index contributed by atoms with van der Waals surface area (Å²) in [5.74, 6) is -0.240. The maximum absolute atomic E-state index is 12.5. The Morgan fingerprint density at radius 2 is 1.87 bits per heavy atom. The zero-order chi connectivity index (χ0) is 16.7. The van der Waals surface area contributed by atoms with Gasteiger partial charge in [-0.05, 0) is 36.9 Å². The number of carbonyl (C=O) groups excluding carboxylic acids is 1. The second-order valence-corrected chi connectivity index (χ2v) is 5.44. The van der Waals surface area contributed by atoms with Gasteiger partial charge in [0.15, 0.2) is 11.4 Å². The fourth-order valence-corrected chi connectivity index (χ4v) is 2.29. The first-order chi connectivity index (χ1) is 11.2. The van der Waals surface area contributed by atoms with Crippen molar-refractivity contribution < 1.29 is 4.79 Å². The monoisotopic (exact) mass is 324 g/mol. The Morgan fingerprint density at radius 1 is 1.17 bits per heavy atom. The molecular formula is C17H16N4OS. The third-order valence-electron chi connectivity index (χ3n) is 3.12. The molecule has 0 unspecified atom stereocenters. The van der Waals surface area contributed by atoms with Gasteiger partial charge in [-0.1, -0.05) is 42.1 Å². The number of benzene rings is 2. The van der Waals surface area contributed by atoms with Crippen LogP contribution in [0.1, 0.15) is 15.9 Å². The minimum atomic E-state index is -0.240. The van der Waals surface area contributed by atoms with E-state index in [2.05, 4.69) is 15.6 Å². The number of amides is 1. The van der Waals surface area contributed by atoms with Gasteiger partial charge in [0.1, 0.15) is 0 Å². The molecule has 0 aliphatic heterocycles. The summed E-state index contributed by atoms with van der Waals surface area (Å²) in [5, 5.41) is 14.5. The Hall–Kier alpha value is -2.78. The first-order valence-electron chi connectivity index (χ1n) is 6.89. The first-order valence-corrected chi connectivity index (χ1v) is 8.12. The van der Waals surface area contributed by atoms with Crippen LogP contribution in [0.2, 0.25) is 0 Å². The number of para-hydroxylation sites is 2. The van der Waals surface area contributed by atoms with Crippen molar-refractivity contribution in [3.63, 3.8) is 0 Å². The summed E-state index contributed by atoms with van der Waals surface area (Å²) < 4.78 is 0. The second kappa shape index (κ2) is 8.01. The molecule has 0 bridgehead atoms. The van der Waals surface area contributed by atoms with Gasteiger partial charge >= 0.3 is 0 Å². The Bertz CT molecular complexity index is 780. The van der Waals surface area contributed by atoms with E-state index in [1.807, 2.05) is 37.4 Å². The molecule has 0 atom stereocenters. The molecule has 0 spiro atoms. The number of amidine groups is 1. The summed E-state index contributed by atoms with van der Waals surface area (Å²) in [6.45, 7) is 1.93. The van der Waals surface area contributed by atoms with Crippen molar-refractivity contribution in [2.45, 2.75) is 6.92 Å². The molecule has 2 aromatic carbocycles. The van der Waals surface area contributed by atoms with Crippen molar-refractivity contribution in [2.75, 3.05) is 11.6 Å². The standard InChI is InChI=1S/C17H16N4OS/c1-12-7-3-5-9-14(12)20-16(22)13-8-4-6-10-15(13)21-17(23-2)19-11-18/h3-10H,1-2H3,(H,19,21)(H,20,22). The number of anilines is 1. The van der Waals surface area contributed by atoms with Crippen LogP contribution in [0.25, 0.3) is 0 Å². The smallest absolute Gasteiger partial charge is 0.257 e. The molecule has 2 aromatic rings. The van der Waals surface area contributed by atoms with Crippen LogP contribution in [0, 0.1) is 18.4 Å². The number of nitriles is 1. The van der Waals surface area contributed by atoms with Crippen LogP contribution in [0.5, 0.6) is 0 Å². The maximum atomic E-state index is 12.5. The molecule has 23 heavy (non-hydrogen) atoms. The predicted molar refractivity (Wildman–Crippen MR) is 94.9 cm³/mol. The van der Waals surface area contributed by atoms with E-state index in [1.165, 1.54) is 11.8 Å².